The van der Waals surface area contributed by atoms with Crippen LogP contribution in [-0.2, 0) is 0 Å². The summed E-state index contributed by atoms with van der Waals surface area (Å²) in [6.07, 6.45) is 0. The minimum Gasteiger partial charge on any atom is -0.319 e. The van der Waals surface area contributed by atoms with Crippen molar-refractivity contribution in [1.82, 2.24) is 0 Å². The summed E-state index contributed by atoms with van der Waals surface area (Å²) in [5, 5.41) is 2.15. The molecule has 2 aromatic rings. The summed E-state index contributed by atoms with van der Waals surface area (Å²) in [4.78, 5) is 11.9. The van der Waals surface area contributed by atoms with Gasteiger partial charge in [-0.25, -0.2) is 13.2 Å². The fraction of sp³-hybridized carbons (Fsp3) is 0.0714. The number of carbonyl (C=O) groups excluding carboxylic acids is 1. The third kappa shape index (κ3) is 2.85. The number of rotatable bonds is 2. The molecule has 104 valence electrons. The summed E-state index contributed by atoms with van der Waals surface area (Å²) in [5.74, 6) is -3.06. The number of hydrogen-bond acceptors (Lipinski definition) is 1. The van der Waals surface area contributed by atoms with E-state index in [0.717, 1.165) is 12.1 Å². The fourth-order valence-corrected chi connectivity index (χ4v) is 1.98. The predicted octanol–water partition coefficient (Wildman–Crippen LogP) is 4.43. The second-order valence-electron chi connectivity index (χ2n) is 4.14. The lowest BCUT2D eigenvalue weighted by Gasteiger charge is -2.09. The molecule has 0 aliphatic carbocycles. The Hall–Kier alpha value is -1.82. The number of benzene rings is 2. The molecule has 0 saturated carbocycles. The first-order chi connectivity index (χ1) is 9.40. The normalized spacial score (nSPS) is 10.4. The van der Waals surface area contributed by atoms with E-state index in [-0.39, 0.29) is 21.3 Å². The van der Waals surface area contributed by atoms with Crippen LogP contribution in [0.15, 0.2) is 34.8 Å². The average molecular weight is 344 g/mol. The monoisotopic (exact) mass is 343 g/mol. The standard InChI is InChI=1S/C14H9BrF3NO/c1-7-5-11(17)12(6-10(7)16)19-14(20)8-3-2-4-9(15)13(8)18/h2-6H,1H3,(H,19,20). The maximum atomic E-state index is 13.7. The fourth-order valence-electron chi connectivity index (χ4n) is 1.61. The number of carbonyl (C=O) groups is 1. The molecular formula is C14H9BrF3NO. The Bertz CT molecular complexity index is 688. The summed E-state index contributed by atoms with van der Waals surface area (Å²) in [5.41, 5.74) is -0.480. The molecule has 0 fully saturated rings. The van der Waals surface area contributed by atoms with E-state index in [1.165, 1.54) is 25.1 Å². The molecule has 0 aliphatic rings. The molecule has 2 aromatic carbocycles. The van der Waals surface area contributed by atoms with Crippen molar-refractivity contribution in [2.45, 2.75) is 6.92 Å². The number of anilines is 1. The van der Waals surface area contributed by atoms with Crippen molar-refractivity contribution >= 4 is 27.5 Å². The lowest BCUT2D eigenvalue weighted by Crippen LogP contribution is -2.15. The Labute approximate surface area is 121 Å². The van der Waals surface area contributed by atoms with Crippen LogP contribution in [0.25, 0.3) is 0 Å². The molecular weight excluding hydrogens is 335 g/mol. The van der Waals surface area contributed by atoms with Crippen LogP contribution in [0, 0.1) is 24.4 Å². The van der Waals surface area contributed by atoms with Crippen LogP contribution < -0.4 is 5.32 Å². The summed E-state index contributed by atoms with van der Waals surface area (Å²) >= 11 is 2.95. The van der Waals surface area contributed by atoms with Crippen LogP contribution >= 0.6 is 15.9 Å². The SMILES string of the molecule is Cc1cc(F)c(NC(=O)c2cccc(Br)c2F)cc1F. The molecule has 0 aliphatic heterocycles. The highest BCUT2D eigenvalue weighted by molar-refractivity contribution is 9.10. The first-order valence-corrected chi connectivity index (χ1v) is 6.40. The Morgan fingerprint density at radius 2 is 1.85 bits per heavy atom. The number of aryl methyl sites for hydroxylation is 1. The molecule has 1 N–H and O–H groups in total. The highest BCUT2D eigenvalue weighted by Gasteiger charge is 2.16. The Morgan fingerprint density at radius 1 is 1.15 bits per heavy atom. The zero-order valence-electron chi connectivity index (χ0n) is 10.3. The lowest BCUT2D eigenvalue weighted by atomic mass is 10.1. The molecule has 0 saturated heterocycles. The van der Waals surface area contributed by atoms with Crippen LogP contribution in [0.5, 0.6) is 0 Å². The highest BCUT2D eigenvalue weighted by Crippen LogP contribution is 2.22. The molecule has 0 aromatic heterocycles. The quantitative estimate of drug-likeness (QED) is 0.858. The molecule has 0 bridgehead atoms. The number of nitrogens with one attached hydrogen (secondary N) is 1. The van der Waals surface area contributed by atoms with Crippen molar-refractivity contribution in [3.63, 3.8) is 0 Å². The van der Waals surface area contributed by atoms with Gasteiger partial charge in [-0.1, -0.05) is 6.07 Å². The van der Waals surface area contributed by atoms with Gasteiger partial charge in [0.25, 0.3) is 5.91 Å². The molecule has 6 heteroatoms. The van der Waals surface area contributed by atoms with Gasteiger partial charge in [-0.3, -0.25) is 4.79 Å². The summed E-state index contributed by atoms with van der Waals surface area (Å²) < 4.78 is 40.8. The molecule has 2 rings (SSSR count). The van der Waals surface area contributed by atoms with Crippen LogP contribution in [0.2, 0.25) is 0 Å². The Morgan fingerprint density at radius 3 is 2.55 bits per heavy atom. The van der Waals surface area contributed by atoms with Gasteiger partial charge in [-0.15, -0.1) is 0 Å². The van der Waals surface area contributed by atoms with E-state index in [1.54, 1.807) is 0 Å². The van der Waals surface area contributed by atoms with E-state index >= 15 is 0 Å². The van der Waals surface area contributed by atoms with E-state index < -0.39 is 23.4 Å². The summed E-state index contributed by atoms with van der Waals surface area (Å²) in [6.45, 7) is 1.40. The summed E-state index contributed by atoms with van der Waals surface area (Å²) in [6, 6.07) is 5.96. The van der Waals surface area contributed by atoms with Gasteiger partial charge in [-0.05, 0) is 46.6 Å². The average Bonchev–Trinajstić information content (AvgIpc) is 2.39. The lowest BCUT2D eigenvalue weighted by molar-refractivity contribution is 0.102. The number of amides is 1. The highest BCUT2D eigenvalue weighted by atomic mass is 79.9. The van der Waals surface area contributed by atoms with Gasteiger partial charge >= 0.3 is 0 Å². The van der Waals surface area contributed by atoms with E-state index in [4.69, 9.17) is 0 Å². The van der Waals surface area contributed by atoms with Gasteiger partial charge in [0.2, 0.25) is 0 Å². The molecule has 1 amide bonds. The Kier molecular flexibility index (Phi) is 4.13. The van der Waals surface area contributed by atoms with Crippen molar-refractivity contribution < 1.29 is 18.0 Å². The minimum absolute atomic E-state index is 0.112. The Balaban J connectivity index is 2.33. The van der Waals surface area contributed by atoms with Crippen LogP contribution in [0.3, 0.4) is 0 Å². The van der Waals surface area contributed by atoms with Gasteiger partial charge in [0.15, 0.2) is 0 Å². The predicted molar refractivity (Wildman–Crippen MR) is 73.1 cm³/mol. The van der Waals surface area contributed by atoms with Gasteiger partial charge in [-0.2, -0.15) is 0 Å². The third-order valence-electron chi connectivity index (χ3n) is 2.69. The second-order valence-corrected chi connectivity index (χ2v) is 4.99. The number of halogens is 4. The minimum atomic E-state index is -0.856. The van der Waals surface area contributed by atoms with Crippen molar-refractivity contribution in [3.8, 4) is 0 Å². The topological polar surface area (TPSA) is 29.1 Å². The maximum Gasteiger partial charge on any atom is 0.258 e. The van der Waals surface area contributed by atoms with Crippen LogP contribution in [0.1, 0.15) is 15.9 Å². The molecule has 0 unspecified atom stereocenters. The first-order valence-electron chi connectivity index (χ1n) is 5.61. The van der Waals surface area contributed by atoms with Crippen LogP contribution in [0.4, 0.5) is 18.9 Å². The van der Waals surface area contributed by atoms with E-state index in [1.807, 2.05) is 0 Å². The first kappa shape index (κ1) is 14.6. The summed E-state index contributed by atoms with van der Waals surface area (Å²) in [7, 11) is 0. The van der Waals surface area contributed by atoms with E-state index in [0.29, 0.717) is 0 Å². The van der Waals surface area contributed by atoms with Crippen LogP contribution in [-0.4, -0.2) is 5.91 Å². The van der Waals surface area contributed by atoms with E-state index in [2.05, 4.69) is 21.2 Å². The molecule has 0 heterocycles. The van der Waals surface area contributed by atoms with Gasteiger partial charge in [0, 0.05) is 6.07 Å². The van der Waals surface area contributed by atoms with Gasteiger partial charge in [0.1, 0.15) is 17.5 Å². The largest absolute Gasteiger partial charge is 0.319 e. The molecule has 0 spiro atoms. The molecule has 20 heavy (non-hydrogen) atoms. The van der Waals surface area contributed by atoms with Gasteiger partial charge < -0.3 is 5.32 Å². The molecule has 0 radical (unpaired) electrons. The van der Waals surface area contributed by atoms with E-state index in [9.17, 15) is 18.0 Å². The number of hydrogen-bond donors (Lipinski definition) is 1. The second kappa shape index (κ2) is 5.66. The van der Waals surface area contributed by atoms with Crippen molar-refractivity contribution in [3.05, 3.63) is 63.4 Å². The zero-order chi connectivity index (χ0) is 14.9. The third-order valence-corrected chi connectivity index (χ3v) is 3.31. The maximum absolute atomic E-state index is 13.7. The van der Waals surface area contributed by atoms with Crippen molar-refractivity contribution in [2.75, 3.05) is 5.32 Å². The van der Waals surface area contributed by atoms with Crippen molar-refractivity contribution in [1.29, 1.82) is 0 Å². The van der Waals surface area contributed by atoms with Gasteiger partial charge in [0.05, 0.1) is 15.7 Å². The molecule has 0 atom stereocenters. The zero-order valence-corrected chi connectivity index (χ0v) is 11.9. The molecule has 2 nitrogen and oxygen atoms in total. The smallest absolute Gasteiger partial charge is 0.258 e. The van der Waals surface area contributed by atoms with Crippen molar-refractivity contribution in [2.24, 2.45) is 0 Å².